The lowest BCUT2D eigenvalue weighted by Gasteiger charge is -2.29. The van der Waals surface area contributed by atoms with E-state index in [0.717, 1.165) is 11.3 Å². The lowest BCUT2D eigenvalue weighted by molar-refractivity contribution is 0.468. The monoisotopic (exact) mass is 372 g/mol. The van der Waals surface area contributed by atoms with E-state index in [2.05, 4.69) is 16.0 Å². The van der Waals surface area contributed by atoms with E-state index in [1.807, 2.05) is 36.4 Å². The highest BCUT2D eigenvalue weighted by Gasteiger charge is 2.33. The van der Waals surface area contributed by atoms with E-state index >= 15 is 0 Å². The molecule has 2 aromatic rings. The standard InChI is InChI=1S/C17H20N6O2S/c18-13-21-10-7-15(12-21)20-26(24,25)23-9-4-8-22-17(23)11-16(19-22)14-5-2-1-3-6-14/h1-3,5-6,11,15,20H,4,7-10,12H2. The molecule has 4 rings (SSSR count). The Morgan fingerprint density at radius 3 is 2.73 bits per heavy atom. The van der Waals surface area contributed by atoms with E-state index in [0.29, 0.717) is 44.8 Å². The minimum absolute atomic E-state index is 0.244. The molecule has 1 aromatic heterocycles. The molecule has 0 bridgehead atoms. The Labute approximate surface area is 152 Å². The molecule has 1 N–H and O–H groups in total. The van der Waals surface area contributed by atoms with E-state index < -0.39 is 10.2 Å². The molecule has 1 aromatic carbocycles. The van der Waals surface area contributed by atoms with Crippen molar-refractivity contribution >= 4 is 16.0 Å². The predicted octanol–water partition coefficient (Wildman–Crippen LogP) is 1.15. The van der Waals surface area contributed by atoms with Gasteiger partial charge >= 0.3 is 10.2 Å². The molecule has 1 atom stereocenters. The van der Waals surface area contributed by atoms with Crippen molar-refractivity contribution in [3.8, 4) is 17.5 Å². The molecule has 0 amide bonds. The molecule has 0 aliphatic carbocycles. The second-order valence-electron chi connectivity index (χ2n) is 6.56. The first kappa shape index (κ1) is 16.9. The molecule has 3 heterocycles. The summed E-state index contributed by atoms with van der Waals surface area (Å²) in [5.74, 6) is 0.581. The van der Waals surface area contributed by atoms with Crippen LogP contribution in [0.5, 0.6) is 0 Å². The summed E-state index contributed by atoms with van der Waals surface area (Å²) in [6.45, 7) is 2.11. The zero-order chi connectivity index (χ0) is 18.1. The quantitative estimate of drug-likeness (QED) is 0.813. The van der Waals surface area contributed by atoms with Gasteiger partial charge in [0.1, 0.15) is 5.82 Å². The minimum atomic E-state index is -3.69. The Balaban J connectivity index is 1.59. The largest absolute Gasteiger partial charge is 0.309 e. The number of fused-ring (bicyclic) bond motifs is 1. The number of rotatable bonds is 4. The fourth-order valence-corrected chi connectivity index (χ4v) is 4.97. The lowest BCUT2D eigenvalue weighted by atomic mass is 10.1. The number of aryl methyl sites for hydroxylation is 1. The van der Waals surface area contributed by atoms with Crippen LogP contribution < -0.4 is 9.03 Å². The molecule has 1 saturated heterocycles. The molecule has 136 valence electrons. The van der Waals surface area contributed by atoms with Crippen molar-refractivity contribution in [2.45, 2.75) is 25.4 Å². The number of nitrogens with one attached hydrogen (secondary N) is 1. The van der Waals surface area contributed by atoms with Crippen molar-refractivity contribution < 1.29 is 8.42 Å². The maximum Gasteiger partial charge on any atom is 0.303 e. The number of anilines is 1. The zero-order valence-electron chi connectivity index (χ0n) is 14.2. The van der Waals surface area contributed by atoms with Crippen molar-refractivity contribution in [3.63, 3.8) is 0 Å². The van der Waals surface area contributed by atoms with Crippen molar-refractivity contribution in [3.05, 3.63) is 36.4 Å². The van der Waals surface area contributed by atoms with Crippen LogP contribution in [0.2, 0.25) is 0 Å². The van der Waals surface area contributed by atoms with E-state index in [1.165, 1.54) is 4.31 Å². The normalized spacial score (nSPS) is 20.0. The molecular formula is C17H20N6O2S. The number of hydrogen-bond donors (Lipinski definition) is 1. The van der Waals surface area contributed by atoms with Gasteiger partial charge in [-0.25, -0.2) is 8.99 Å². The van der Waals surface area contributed by atoms with Gasteiger partial charge in [0.15, 0.2) is 6.19 Å². The molecule has 26 heavy (non-hydrogen) atoms. The summed E-state index contributed by atoms with van der Waals surface area (Å²) in [5, 5.41) is 13.5. The molecule has 0 saturated carbocycles. The molecule has 0 radical (unpaired) electrons. The van der Waals surface area contributed by atoms with Gasteiger partial charge in [-0.15, -0.1) is 0 Å². The van der Waals surface area contributed by atoms with Gasteiger partial charge in [0.25, 0.3) is 0 Å². The second kappa shape index (κ2) is 6.63. The first-order chi connectivity index (χ1) is 12.6. The molecule has 1 unspecified atom stereocenters. The second-order valence-corrected chi connectivity index (χ2v) is 8.18. The van der Waals surface area contributed by atoms with Crippen molar-refractivity contribution in [1.29, 1.82) is 5.26 Å². The number of nitriles is 1. The number of likely N-dealkylation sites (tertiary alicyclic amines) is 1. The average molecular weight is 372 g/mol. The highest BCUT2D eigenvalue weighted by atomic mass is 32.2. The molecule has 1 fully saturated rings. The Kier molecular flexibility index (Phi) is 4.30. The van der Waals surface area contributed by atoms with Crippen LogP contribution in [0.4, 0.5) is 5.82 Å². The van der Waals surface area contributed by atoms with Gasteiger partial charge in [-0.3, -0.25) is 0 Å². The summed E-state index contributed by atoms with van der Waals surface area (Å²) in [6, 6.07) is 11.3. The smallest absolute Gasteiger partial charge is 0.303 e. The van der Waals surface area contributed by atoms with Crippen LogP contribution in [-0.2, 0) is 16.8 Å². The fourth-order valence-electron chi connectivity index (χ4n) is 3.47. The van der Waals surface area contributed by atoms with Crippen LogP contribution in [0.25, 0.3) is 11.3 Å². The SMILES string of the molecule is N#CN1CCC(NS(=O)(=O)N2CCCn3nc(-c4ccccc4)cc32)C1. The van der Waals surface area contributed by atoms with E-state index in [9.17, 15) is 8.42 Å². The Morgan fingerprint density at radius 2 is 2.00 bits per heavy atom. The van der Waals surface area contributed by atoms with Crippen LogP contribution in [0.3, 0.4) is 0 Å². The van der Waals surface area contributed by atoms with Gasteiger partial charge < -0.3 is 4.90 Å². The average Bonchev–Trinajstić information content (AvgIpc) is 3.28. The van der Waals surface area contributed by atoms with Gasteiger partial charge in [-0.05, 0) is 12.8 Å². The highest BCUT2D eigenvalue weighted by Crippen LogP contribution is 2.29. The maximum absolute atomic E-state index is 12.9. The van der Waals surface area contributed by atoms with Gasteiger partial charge in [0.05, 0.1) is 5.69 Å². The van der Waals surface area contributed by atoms with Crippen LogP contribution in [0.1, 0.15) is 12.8 Å². The number of benzene rings is 1. The van der Waals surface area contributed by atoms with Gasteiger partial charge in [-0.1, -0.05) is 30.3 Å². The fraction of sp³-hybridized carbons (Fsp3) is 0.412. The number of nitrogens with zero attached hydrogens (tertiary/aromatic N) is 5. The summed E-state index contributed by atoms with van der Waals surface area (Å²) in [5.41, 5.74) is 1.72. The summed E-state index contributed by atoms with van der Waals surface area (Å²) >= 11 is 0. The Morgan fingerprint density at radius 1 is 1.19 bits per heavy atom. The highest BCUT2D eigenvalue weighted by molar-refractivity contribution is 7.90. The zero-order valence-corrected chi connectivity index (χ0v) is 15.1. The van der Waals surface area contributed by atoms with Gasteiger partial charge in [0.2, 0.25) is 0 Å². The van der Waals surface area contributed by atoms with Crippen molar-refractivity contribution in [2.75, 3.05) is 23.9 Å². The predicted molar refractivity (Wildman–Crippen MR) is 97.3 cm³/mol. The van der Waals surface area contributed by atoms with Crippen LogP contribution in [0.15, 0.2) is 36.4 Å². The molecular weight excluding hydrogens is 352 g/mol. The number of hydrogen-bond acceptors (Lipinski definition) is 5. The van der Waals surface area contributed by atoms with Crippen molar-refractivity contribution in [1.82, 2.24) is 19.4 Å². The summed E-state index contributed by atoms with van der Waals surface area (Å²) in [7, 11) is -3.69. The third kappa shape index (κ3) is 3.13. The number of aromatic nitrogens is 2. The summed E-state index contributed by atoms with van der Waals surface area (Å²) in [4.78, 5) is 1.57. The van der Waals surface area contributed by atoms with Crippen LogP contribution in [-0.4, -0.2) is 48.8 Å². The Hall–Kier alpha value is -2.57. The van der Waals surface area contributed by atoms with Crippen LogP contribution in [0, 0.1) is 11.5 Å². The van der Waals surface area contributed by atoms with Crippen molar-refractivity contribution in [2.24, 2.45) is 0 Å². The van der Waals surface area contributed by atoms with E-state index in [1.54, 1.807) is 9.58 Å². The van der Waals surface area contributed by atoms with Crippen LogP contribution >= 0.6 is 0 Å². The molecule has 8 nitrogen and oxygen atoms in total. The third-order valence-electron chi connectivity index (χ3n) is 4.75. The molecule has 2 aliphatic heterocycles. The Bertz CT molecular complexity index is 934. The molecule has 9 heteroatoms. The third-order valence-corrected chi connectivity index (χ3v) is 6.33. The maximum atomic E-state index is 12.9. The van der Waals surface area contributed by atoms with E-state index in [-0.39, 0.29) is 6.04 Å². The minimum Gasteiger partial charge on any atom is -0.309 e. The molecule has 0 spiro atoms. The topological polar surface area (TPSA) is 94.3 Å². The van der Waals surface area contributed by atoms with E-state index in [4.69, 9.17) is 5.26 Å². The first-order valence-electron chi connectivity index (χ1n) is 8.65. The lowest BCUT2D eigenvalue weighted by Crippen LogP contribution is -2.48. The van der Waals surface area contributed by atoms with Gasteiger partial charge in [0, 0.05) is 43.9 Å². The van der Waals surface area contributed by atoms with Gasteiger partial charge in [-0.2, -0.15) is 23.5 Å². The summed E-state index contributed by atoms with van der Waals surface area (Å²) in [6.07, 6.45) is 3.41. The first-order valence-corrected chi connectivity index (χ1v) is 10.1. The summed E-state index contributed by atoms with van der Waals surface area (Å²) < 4.78 is 31.7. The molecule has 2 aliphatic rings.